The summed E-state index contributed by atoms with van der Waals surface area (Å²) in [6, 6.07) is 2.49. The van der Waals surface area contributed by atoms with E-state index in [0.29, 0.717) is 12.6 Å². The molecule has 2 aliphatic rings. The molecule has 3 rings (SSSR count). The van der Waals surface area contributed by atoms with Crippen LogP contribution in [0.4, 0.5) is 4.79 Å². The maximum absolute atomic E-state index is 12.4. The normalized spacial score (nSPS) is 24.0. The molecular formula is C15H25N5O. The minimum absolute atomic E-state index is 0.0516. The number of hydrogen-bond acceptors (Lipinski definition) is 3. The van der Waals surface area contributed by atoms with E-state index in [9.17, 15) is 4.79 Å². The molecule has 0 unspecified atom stereocenters. The molecule has 21 heavy (non-hydrogen) atoms. The van der Waals surface area contributed by atoms with Crippen molar-refractivity contribution in [2.75, 3.05) is 26.2 Å². The van der Waals surface area contributed by atoms with Gasteiger partial charge in [-0.3, -0.25) is 10.00 Å². The quantitative estimate of drug-likeness (QED) is 0.888. The Hall–Kier alpha value is -1.56. The Morgan fingerprint density at radius 3 is 2.86 bits per heavy atom. The zero-order chi connectivity index (χ0) is 14.5. The van der Waals surface area contributed by atoms with Gasteiger partial charge in [-0.15, -0.1) is 0 Å². The SMILES string of the molecule is O=C(NCc1ccn[nH]1)N1CCCC[C@@H](N2CCCC2)C1. The molecule has 0 aliphatic carbocycles. The lowest BCUT2D eigenvalue weighted by molar-refractivity contribution is 0.165. The fourth-order valence-electron chi connectivity index (χ4n) is 3.37. The van der Waals surface area contributed by atoms with Gasteiger partial charge in [0.15, 0.2) is 0 Å². The van der Waals surface area contributed by atoms with Crippen LogP contribution in [0.15, 0.2) is 12.3 Å². The maximum atomic E-state index is 12.4. The number of H-pyrrole nitrogens is 1. The number of nitrogens with one attached hydrogen (secondary N) is 2. The zero-order valence-electron chi connectivity index (χ0n) is 12.6. The Labute approximate surface area is 125 Å². The van der Waals surface area contributed by atoms with Crippen LogP contribution in [-0.4, -0.2) is 58.2 Å². The third-order valence-corrected chi connectivity index (χ3v) is 4.58. The molecule has 6 heteroatoms. The van der Waals surface area contributed by atoms with E-state index < -0.39 is 0 Å². The molecule has 0 bridgehead atoms. The van der Waals surface area contributed by atoms with Crippen LogP contribution >= 0.6 is 0 Å². The van der Waals surface area contributed by atoms with Gasteiger partial charge in [0.2, 0.25) is 0 Å². The van der Waals surface area contributed by atoms with E-state index in [1.165, 1.54) is 38.8 Å². The lowest BCUT2D eigenvalue weighted by Crippen LogP contribution is -2.47. The molecule has 0 aromatic carbocycles. The lowest BCUT2D eigenvalue weighted by atomic mass is 10.1. The number of aromatic amines is 1. The van der Waals surface area contributed by atoms with Gasteiger partial charge >= 0.3 is 6.03 Å². The molecule has 0 spiro atoms. The smallest absolute Gasteiger partial charge is 0.317 e. The Morgan fingerprint density at radius 2 is 2.10 bits per heavy atom. The van der Waals surface area contributed by atoms with Gasteiger partial charge in [0, 0.05) is 25.3 Å². The van der Waals surface area contributed by atoms with Crippen molar-refractivity contribution < 1.29 is 4.79 Å². The number of carbonyl (C=O) groups excluding carboxylic acids is 1. The summed E-state index contributed by atoms with van der Waals surface area (Å²) < 4.78 is 0. The number of aromatic nitrogens is 2. The topological polar surface area (TPSA) is 64.3 Å². The summed E-state index contributed by atoms with van der Waals surface area (Å²) in [5.74, 6) is 0. The van der Waals surface area contributed by atoms with E-state index in [1.807, 2.05) is 11.0 Å². The summed E-state index contributed by atoms with van der Waals surface area (Å²) in [5.41, 5.74) is 0.939. The van der Waals surface area contributed by atoms with Gasteiger partial charge in [-0.05, 0) is 44.8 Å². The second kappa shape index (κ2) is 6.93. The van der Waals surface area contributed by atoms with E-state index >= 15 is 0 Å². The molecule has 1 aromatic rings. The molecule has 0 saturated carbocycles. The molecule has 0 radical (unpaired) electrons. The first-order valence-electron chi connectivity index (χ1n) is 8.08. The van der Waals surface area contributed by atoms with Gasteiger partial charge in [0.1, 0.15) is 0 Å². The maximum Gasteiger partial charge on any atom is 0.317 e. The standard InChI is InChI=1S/C15H25N5O/c21-15(16-11-13-6-7-17-18-13)20-10-2-1-5-14(12-20)19-8-3-4-9-19/h6-7,14H,1-5,8-12H2,(H,16,21)(H,17,18)/t14-/m1/s1. The van der Waals surface area contributed by atoms with Crippen molar-refractivity contribution in [3.8, 4) is 0 Å². The van der Waals surface area contributed by atoms with Crippen molar-refractivity contribution in [1.29, 1.82) is 0 Å². The van der Waals surface area contributed by atoms with Crippen molar-refractivity contribution in [3.63, 3.8) is 0 Å². The number of nitrogens with zero attached hydrogens (tertiary/aromatic N) is 3. The van der Waals surface area contributed by atoms with Gasteiger partial charge in [0.05, 0.1) is 12.2 Å². The molecule has 2 amide bonds. The molecule has 2 aliphatic heterocycles. The number of likely N-dealkylation sites (tertiary alicyclic amines) is 2. The number of carbonyl (C=O) groups is 1. The van der Waals surface area contributed by atoms with Crippen LogP contribution in [-0.2, 0) is 6.54 Å². The Balaban J connectivity index is 1.53. The van der Waals surface area contributed by atoms with Crippen LogP contribution in [0.3, 0.4) is 0 Å². The molecule has 6 nitrogen and oxygen atoms in total. The molecule has 1 aromatic heterocycles. The fraction of sp³-hybridized carbons (Fsp3) is 0.733. The average Bonchev–Trinajstić information content (AvgIpc) is 3.15. The van der Waals surface area contributed by atoms with Crippen LogP contribution in [0.1, 0.15) is 37.8 Å². The Morgan fingerprint density at radius 1 is 1.29 bits per heavy atom. The van der Waals surface area contributed by atoms with Gasteiger partial charge in [-0.1, -0.05) is 6.42 Å². The first-order valence-corrected chi connectivity index (χ1v) is 8.08. The van der Waals surface area contributed by atoms with Crippen LogP contribution < -0.4 is 5.32 Å². The molecular weight excluding hydrogens is 266 g/mol. The molecule has 2 N–H and O–H groups in total. The monoisotopic (exact) mass is 291 g/mol. The summed E-state index contributed by atoms with van der Waals surface area (Å²) in [5, 5.41) is 9.76. The number of hydrogen-bond donors (Lipinski definition) is 2. The van der Waals surface area contributed by atoms with Crippen LogP contribution in [0, 0.1) is 0 Å². The van der Waals surface area contributed by atoms with Gasteiger partial charge in [-0.25, -0.2) is 4.79 Å². The van der Waals surface area contributed by atoms with Crippen LogP contribution in [0.5, 0.6) is 0 Å². The second-order valence-corrected chi connectivity index (χ2v) is 6.08. The Kier molecular flexibility index (Phi) is 4.75. The summed E-state index contributed by atoms with van der Waals surface area (Å²) in [7, 11) is 0. The second-order valence-electron chi connectivity index (χ2n) is 6.08. The van der Waals surface area contributed by atoms with Crippen molar-refractivity contribution in [3.05, 3.63) is 18.0 Å². The first-order chi connectivity index (χ1) is 10.3. The van der Waals surface area contributed by atoms with Crippen molar-refractivity contribution in [2.24, 2.45) is 0 Å². The van der Waals surface area contributed by atoms with Crippen molar-refractivity contribution >= 4 is 6.03 Å². The van der Waals surface area contributed by atoms with Crippen LogP contribution in [0.2, 0.25) is 0 Å². The molecule has 116 valence electrons. The number of urea groups is 1. The highest BCUT2D eigenvalue weighted by molar-refractivity contribution is 5.74. The van der Waals surface area contributed by atoms with Gasteiger partial charge < -0.3 is 10.2 Å². The zero-order valence-corrected chi connectivity index (χ0v) is 12.6. The summed E-state index contributed by atoms with van der Waals surface area (Å²) in [6.45, 7) is 4.67. The van der Waals surface area contributed by atoms with E-state index in [2.05, 4.69) is 20.4 Å². The lowest BCUT2D eigenvalue weighted by Gasteiger charge is -2.30. The third-order valence-electron chi connectivity index (χ3n) is 4.58. The molecule has 2 saturated heterocycles. The third kappa shape index (κ3) is 3.75. The van der Waals surface area contributed by atoms with Crippen molar-refractivity contribution in [1.82, 2.24) is 25.3 Å². The first kappa shape index (κ1) is 14.4. The Bertz CT molecular complexity index is 441. The highest BCUT2D eigenvalue weighted by atomic mass is 16.2. The van der Waals surface area contributed by atoms with E-state index in [-0.39, 0.29) is 6.03 Å². The predicted octanol–water partition coefficient (Wildman–Crippen LogP) is 1.57. The van der Waals surface area contributed by atoms with Gasteiger partial charge in [0.25, 0.3) is 0 Å². The minimum atomic E-state index is 0.0516. The van der Waals surface area contributed by atoms with E-state index in [0.717, 1.165) is 25.2 Å². The predicted molar refractivity (Wildman–Crippen MR) is 80.8 cm³/mol. The number of rotatable bonds is 3. The molecule has 1 atom stereocenters. The number of amides is 2. The largest absolute Gasteiger partial charge is 0.332 e. The highest BCUT2D eigenvalue weighted by Gasteiger charge is 2.27. The van der Waals surface area contributed by atoms with E-state index in [4.69, 9.17) is 0 Å². The molecule has 2 fully saturated rings. The minimum Gasteiger partial charge on any atom is -0.332 e. The van der Waals surface area contributed by atoms with Crippen molar-refractivity contribution in [2.45, 2.75) is 44.7 Å². The average molecular weight is 291 g/mol. The van der Waals surface area contributed by atoms with Crippen LogP contribution in [0.25, 0.3) is 0 Å². The summed E-state index contributed by atoms with van der Waals surface area (Å²) >= 11 is 0. The van der Waals surface area contributed by atoms with Gasteiger partial charge in [-0.2, -0.15) is 5.10 Å². The van der Waals surface area contributed by atoms with E-state index in [1.54, 1.807) is 6.20 Å². The molecule has 3 heterocycles. The summed E-state index contributed by atoms with van der Waals surface area (Å²) in [6.07, 6.45) is 7.89. The highest BCUT2D eigenvalue weighted by Crippen LogP contribution is 2.20. The summed E-state index contributed by atoms with van der Waals surface area (Å²) in [4.78, 5) is 16.9. The fourth-order valence-corrected chi connectivity index (χ4v) is 3.37.